The monoisotopic (exact) mass is 534 g/mol. The van der Waals surface area contributed by atoms with Gasteiger partial charge in [-0.1, -0.05) is 0 Å². The van der Waals surface area contributed by atoms with E-state index in [1.807, 2.05) is 0 Å². The first-order valence-corrected chi connectivity index (χ1v) is 13.4. The number of hydrogen-bond acceptors (Lipinski definition) is 7. The van der Waals surface area contributed by atoms with Gasteiger partial charge in [-0.15, -0.1) is 11.6 Å². The minimum Gasteiger partial charge on any atom is -0.493 e. The van der Waals surface area contributed by atoms with Gasteiger partial charge in [0.25, 0.3) is 11.1 Å². The number of thioether (sulfide) groups is 1. The van der Waals surface area contributed by atoms with Crippen LogP contribution in [-0.2, 0) is 9.59 Å². The van der Waals surface area contributed by atoms with Crippen LogP contribution in [0.2, 0.25) is 0 Å². The third kappa shape index (κ3) is 4.45. The van der Waals surface area contributed by atoms with Crippen LogP contribution in [-0.4, -0.2) is 61.2 Å². The number of benzene rings is 1. The summed E-state index contributed by atoms with van der Waals surface area (Å²) in [5, 5.41) is 2.65. The molecule has 1 aromatic rings. The summed E-state index contributed by atoms with van der Waals surface area (Å²) in [6, 6.07) is 3.43. The van der Waals surface area contributed by atoms with E-state index in [0.29, 0.717) is 39.6 Å². The molecule has 6 rings (SSSR count). The first-order chi connectivity index (χ1) is 17.2. The molecule has 1 saturated heterocycles. The second-order valence-electron chi connectivity index (χ2n) is 10.4. The van der Waals surface area contributed by atoms with E-state index in [0.717, 1.165) is 43.9 Å². The van der Waals surface area contributed by atoms with Crippen molar-refractivity contribution < 1.29 is 28.6 Å². The molecular formula is C26H31ClN2O6S. The molecule has 4 aliphatic carbocycles. The Morgan fingerprint density at radius 1 is 1.11 bits per heavy atom. The Kier molecular flexibility index (Phi) is 6.66. The highest BCUT2D eigenvalue weighted by Gasteiger charge is 2.60. The summed E-state index contributed by atoms with van der Waals surface area (Å²) in [4.78, 5) is 40.1. The molecule has 4 atom stereocenters. The van der Waals surface area contributed by atoms with Crippen molar-refractivity contribution in [2.75, 3.05) is 34.4 Å². The molecule has 1 aliphatic heterocycles. The van der Waals surface area contributed by atoms with E-state index >= 15 is 0 Å². The van der Waals surface area contributed by atoms with Crippen LogP contribution in [0.5, 0.6) is 17.2 Å². The third-order valence-electron chi connectivity index (χ3n) is 7.95. The minimum atomic E-state index is -0.406. The summed E-state index contributed by atoms with van der Waals surface area (Å²) in [7, 11) is 4.54. The third-order valence-corrected chi connectivity index (χ3v) is 9.30. The number of halogens is 1. The molecule has 0 spiro atoms. The SMILES string of the molecule is COc1cc(/C=C2/SC(=O)N(CCNC(=O)C34C[C@@H]5C[C@@H](CC(Cl)(C5)C3)C4)C2=O)cc(OC)c1OC. The minimum absolute atomic E-state index is 0.0153. The van der Waals surface area contributed by atoms with Crippen LogP contribution >= 0.6 is 23.4 Å². The highest BCUT2D eigenvalue weighted by Crippen LogP contribution is 2.63. The highest BCUT2D eigenvalue weighted by atomic mass is 35.5. The zero-order chi connectivity index (χ0) is 25.7. The maximum absolute atomic E-state index is 13.2. The fourth-order valence-corrected chi connectivity index (χ4v) is 8.47. The molecule has 1 aromatic carbocycles. The number of hydrogen-bond donors (Lipinski definition) is 1. The van der Waals surface area contributed by atoms with E-state index in [4.69, 9.17) is 25.8 Å². The number of nitrogens with one attached hydrogen (secondary N) is 1. The molecule has 2 unspecified atom stereocenters. The lowest BCUT2D eigenvalue weighted by molar-refractivity contribution is -0.144. The van der Waals surface area contributed by atoms with Crippen LogP contribution in [0, 0.1) is 17.3 Å². The van der Waals surface area contributed by atoms with Crippen LogP contribution < -0.4 is 19.5 Å². The number of carbonyl (C=O) groups is 3. The van der Waals surface area contributed by atoms with Crippen LogP contribution in [0.1, 0.15) is 44.1 Å². The van der Waals surface area contributed by atoms with Crippen LogP contribution in [0.4, 0.5) is 4.79 Å². The summed E-state index contributed by atoms with van der Waals surface area (Å²) < 4.78 is 16.1. The lowest BCUT2D eigenvalue weighted by Gasteiger charge is -2.59. The van der Waals surface area contributed by atoms with E-state index in [9.17, 15) is 14.4 Å². The zero-order valence-electron chi connectivity index (χ0n) is 20.7. The Morgan fingerprint density at radius 3 is 2.31 bits per heavy atom. The van der Waals surface area contributed by atoms with Crippen molar-refractivity contribution in [2.45, 2.75) is 43.4 Å². The Morgan fingerprint density at radius 2 is 1.75 bits per heavy atom. The van der Waals surface area contributed by atoms with Gasteiger partial charge in [0.1, 0.15) is 0 Å². The maximum Gasteiger partial charge on any atom is 0.293 e. The van der Waals surface area contributed by atoms with Gasteiger partial charge >= 0.3 is 0 Å². The van der Waals surface area contributed by atoms with Gasteiger partial charge in [0, 0.05) is 18.0 Å². The molecule has 36 heavy (non-hydrogen) atoms. The molecule has 3 amide bonds. The smallest absolute Gasteiger partial charge is 0.293 e. The van der Waals surface area contributed by atoms with E-state index in [2.05, 4.69) is 5.32 Å². The lowest BCUT2D eigenvalue weighted by atomic mass is 9.49. The second kappa shape index (κ2) is 9.49. The average Bonchev–Trinajstić information content (AvgIpc) is 3.08. The maximum atomic E-state index is 13.2. The van der Waals surface area contributed by atoms with Gasteiger partial charge in [-0.3, -0.25) is 19.3 Å². The van der Waals surface area contributed by atoms with Crippen molar-refractivity contribution in [3.8, 4) is 17.2 Å². The van der Waals surface area contributed by atoms with Crippen molar-refractivity contribution in [2.24, 2.45) is 17.3 Å². The first kappa shape index (κ1) is 25.3. The summed E-state index contributed by atoms with van der Waals surface area (Å²) in [6.07, 6.45) is 7.33. The van der Waals surface area contributed by atoms with Gasteiger partial charge in [-0.25, -0.2) is 0 Å². The van der Waals surface area contributed by atoms with Crippen molar-refractivity contribution >= 4 is 46.5 Å². The number of carbonyl (C=O) groups excluding carboxylic acids is 3. The van der Waals surface area contributed by atoms with Gasteiger partial charge in [0.2, 0.25) is 11.7 Å². The van der Waals surface area contributed by atoms with Crippen LogP contribution in [0.25, 0.3) is 6.08 Å². The zero-order valence-corrected chi connectivity index (χ0v) is 22.3. The summed E-state index contributed by atoms with van der Waals surface area (Å²) in [5.41, 5.74) is 0.233. The van der Waals surface area contributed by atoms with Crippen molar-refractivity contribution in [1.29, 1.82) is 0 Å². The lowest BCUT2D eigenvalue weighted by Crippen LogP contribution is -2.58. The molecular weight excluding hydrogens is 504 g/mol. The van der Waals surface area contributed by atoms with E-state index in [-0.39, 0.29) is 35.0 Å². The van der Waals surface area contributed by atoms with Gasteiger partial charge in [0.05, 0.1) is 31.6 Å². The van der Waals surface area contributed by atoms with E-state index in [1.165, 1.54) is 32.7 Å². The fourth-order valence-electron chi connectivity index (χ4n) is 6.91. The summed E-state index contributed by atoms with van der Waals surface area (Å²) >= 11 is 7.74. The number of imide groups is 1. The van der Waals surface area contributed by atoms with Crippen molar-refractivity contribution in [3.05, 3.63) is 22.6 Å². The first-order valence-electron chi connectivity index (χ1n) is 12.2. The molecule has 0 aromatic heterocycles. The molecule has 1 N–H and O–H groups in total. The molecule has 5 aliphatic rings. The number of amides is 3. The number of alkyl halides is 1. The van der Waals surface area contributed by atoms with Crippen molar-refractivity contribution in [3.63, 3.8) is 0 Å². The Balaban J connectivity index is 1.23. The predicted octanol–water partition coefficient (Wildman–Crippen LogP) is 4.44. The molecule has 4 saturated carbocycles. The Bertz CT molecular complexity index is 1100. The quantitative estimate of drug-likeness (QED) is 0.389. The van der Waals surface area contributed by atoms with Crippen LogP contribution in [0.15, 0.2) is 17.0 Å². The normalized spacial score (nSPS) is 31.8. The summed E-state index contributed by atoms with van der Waals surface area (Å²) in [6.45, 7) is 0.346. The number of nitrogens with zero attached hydrogens (tertiary/aromatic N) is 1. The second-order valence-corrected chi connectivity index (χ2v) is 12.2. The molecule has 194 valence electrons. The molecule has 4 bridgehead atoms. The average molecular weight is 535 g/mol. The molecule has 0 radical (unpaired) electrons. The van der Waals surface area contributed by atoms with Gasteiger partial charge < -0.3 is 19.5 Å². The highest BCUT2D eigenvalue weighted by molar-refractivity contribution is 8.18. The molecule has 10 heteroatoms. The van der Waals surface area contributed by atoms with Crippen molar-refractivity contribution in [1.82, 2.24) is 10.2 Å². The van der Waals surface area contributed by atoms with E-state index < -0.39 is 5.41 Å². The van der Waals surface area contributed by atoms with Gasteiger partial charge in [0.15, 0.2) is 11.5 Å². The van der Waals surface area contributed by atoms with Gasteiger partial charge in [-0.05, 0) is 85.9 Å². The number of rotatable bonds is 8. The number of methoxy groups -OCH3 is 3. The van der Waals surface area contributed by atoms with Crippen LogP contribution in [0.3, 0.4) is 0 Å². The number of ether oxygens (including phenoxy) is 3. The molecule has 1 heterocycles. The predicted molar refractivity (Wildman–Crippen MR) is 137 cm³/mol. The molecule has 5 fully saturated rings. The van der Waals surface area contributed by atoms with E-state index in [1.54, 1.807) is 18.2 Å². The fraction of sp³-hybridized carbons (Fsp3) is 0.577. The summed E-state index contributed by atoms with van der Waals surface area (Å²) in [5.74, 6) is 2.03. The topological polar surface area (TPSA) is 94.2 Å². The van der Waals surface area contributed by atoms with Gasteiger partial charge in [-0.2, -0.15) is 0 Å². The molecule has 8 nitrogen and oxygen atoms in total. The Hall–Kier alpha value is -2.39. The Labute approximate surface area is 220 Å². The largest absolute Gasteiger partial charge is 0.493 e. The standard InChI is InChI=1S/C26H31ClN2O6S/c1-33-18-7-15(8-19(34-2)21(18)35-3)9-20-22(30)29(24(32)36-20)5-4-28-23(31)25-10-16-6-17(11-25)13-26(27,12-16)14-25/h7-9,16-17H,4-6,10-14H2,1-3H3,(H,28,31)/b20-9+/t16-,17+,25?,26?.